The normalized spacial score (nSPS) is 23.3. The first kappa shape index (κ1) is 24.8. The van der Waals surface area contributed by atoms with E-state index >= 15 is 0 Å². The Kier molecular flexibility index (Phi) is 5.77. The molecule has 4 aliphatic heterocycles. The third kappa shape index (κ3) is 3.85. The molecule has 0 spiro atoms. The van der Waals surface area contributed by atoms with Crippen LogP contribution in [0.2, 0.25) is 0 Å². The van der Waals surface area contributed by atoms with Crippen molar-refractivity contribution in [3.8, 4) is 12.0 Å². The summed E-state index contributed by atoms with van der Waals surface area (Å²) in [5.74, 6) is 1.92. The van der Waals surface area contributed by atoms with E-state index in [9.17, 15) is 0 Å². The van der Waals surface area contributed by atoms with Gasteiger partial charge in [-0.25, -0.2) is 4.98 Å². The average Bonchev–Trinajstić information content (AvgIpc) is 3.68. The Labute approximate surface area is 236 Å². The first-order valence-corrected chi connectivity index (χ1v) is 14.3. The smallest absolute Gasteiger partial charge is 0.298 e. The molecule has 0 amide bonds. The molecule has 0 bridgehead atoms. The molecular formula is C27H34N12O2. The molecule has 7 heterocycles. The van der Waals surface area contributed by atoms with Crippen LogP contribution in [-0.4, -0.2) is 98.6 Å². The molecule has 4 N–H and O–H groups in total. The number of benzene rings is 1. The number of hydrogen-bond donors (Lipinski definition) is 4. The minimum atomic E-state index is -0.383. The Morgan fingerprint density at radius 1 is 1.05 bits per heavy atom. The molecule has 3 saturated heterocycles. The molecule has 214 valence electrons. The Morgan fingerprint density at radius 2 is 1.88 bits per heavy atom. The summed E-state index contributed by atoms with van der Waals surface area (Å²) in [6.45, 7) is 7.80. The average molecular weight is 559 g/mol. The Hall–Kier alpha value is -3.98. The van der Waals surface area contributed by atoms with Gasteiger partial charge >= 0.3 is 0 Å². The summed E-state index contributed by atoms with van der Waals surface area (Å²) in [6.07, 6.45) is 2.80. The molecule has 14 nitrogen and oxygen atoms in total. The van der Waals surface area contributed by atoms with E-state index in [1.165, 1.54) is 0 Å². The van der Waals surface area contributed by atoms with Crippen molar-refractivity contribution in [3.63, 3.8) is 0 Å². The van der Waals surface area contributed by atoms with E-state index in [4.69, 9.17) is 29.4 Å². The van der Waals surface area contributed by atoms with Crippen molar-refractivity contribution in [2.45, 2.75) is 25.2 Å². The quantitative estimate of drug-likeness (QED) is 0.253. The molecule has 0 radical (unpaired) electrons. The van der Waals surface area contributed by atoms with Gasteiger partial charge in [0.25, 0.3) is 6.01 Å². The highest BCUT2D eigenvalue weighted by Gasteiger charge is 2.50. The van der Waals surface area contributed by atoms with Crippen LogP contribution in [0.15, 0.2) is 36.2 Å². The van der Waals surface area contributed by atoms with Crippen LogP contribution in [0.1, 0.15) is 12.7 Å². The van der Waals surface area contributed by atoms with E-state index in [2.05, 4.69) is 48.6 Å². The molecule has 0 aliphatic carbocycles. The topological polar surface area (TPSA) is 134 Å². The van der Waals surface area contributed by atoms with Crippen LogP contribution in [0.4, 0.5) is 5.82 Å². The van der Waals surface area contributed by atoms with Crippen LogP contribution in [0, 0.1) is 0 Å². The van der Waals surface area contributed by atoms with Crippen molar-refractivity contribution in [2.24, 2.45) is 7.05 Å². The zero-order valence-corrected chi connectivity index (χ0v) is 23.2. The summed E-state index contributed by atoms with van der Waals surface area (Å²) >= 11 is 0. The molecule has 4 aliphatic rings. The van der Waals surface area contributed by atoms with Gasteiger partial charge in [0.1, 0.15) is 11.9 Å². The standard InChI is InChI=1S/C27H34N12O2/c1-3-21-32-18-6-4-5-7-19(18)39(21)25-34-23-22(24(35-25)37-8-10-40-11-9-37)33-26(36(23)2)41-17-13-38(14-17)27-20(29-16-31-27)12-28-15-30-27/h4-7,12,17,28-31H,3,8-11,13-16H2,1-2H3. The molecule has 8 rings (SSSR count). The minimum absolute atomic E-state index is 0.00350. The van der Waals surface area contributed by atoms with Crippen molar-refractivity contribution in [1.82, 2.24) is 55.2 Å². The fourth-order valence-electron chi connectivity index (χ4n) is 6.22. The Morgan fingerprint density at radius 3 is 2.73 bits per heavy atom. The van der Waals surface area contributed by atoms with Gasteiger partial charge in [-0.05, 0) is 12.1 Å². The third-order valence-electron chi connectivity index (χ3n) is 8.40. The second-order valence-electron chi connectivity index (χ2n) is 10.8. The van der Waals surface area contributed by atoms with Crippen LogP contribution in [0.3, 0.4) is 0 Å². The van der Waals surface area contributed by atoms with E-state index in [0.29, 0.717) is 38.5 Å². The van der Waals surface area contributed by atoms with Crippen molar-refractivity contribution < 1.29 is 9.47 Å². The number of fused-ring (bicyclic) bond motifs is 3. The lowest BCUT2D eigenvalue weighted by atomic mass is 10.1. The number of hydrogen-bond acceptors (Lipinski definition) is 12. The fraction of sp³-hybridized carbons (Fsp3) is 0.481. The molecule has 4 aromatic rings. The molecular weight excluding hydrogens is 524 g/mol. The highest BCUT2D eigenvalue weighted by Crippen LogP contribution is 2.33. The number of morpholine rings is 1. The largest absolute Gasteiger partial charge is 0.459 e. The van der Waals surface area contributed by atoms with E-state index in [-0.39, 0.29) is 11.9 Å². The van der Waals surface area contributed by atoms with Crippen LogP contribution < -0.4 is 30.9 Å². The van der Waals surface area contributed by atoms with E-state index in [1.54, 1.807) is 0 Å². The van der Waals surface area contributed by atoms with Crippen molar-refractivity contribution in [3.05, 3.63) is 42.0 Å². The highest BCUT2D eigenvalue weighted by atomic mass is 16.5. The predicted octanol–water partition coefficient (Wildman–Crippen LogP) is -0.0400. The fourth-order valence-corrected chi connectivity index (χ4v) is 6.22. The molecule has 14 heteroatoms. The van der Waals surface area contributed by atoms with Gasteiger partial charge in [0, 0.05) is 45.8 Å². The Balaban J connectivity index is 1.15. The number of nitrogens with one attached hydrogen (secondary N) is 4. The lowest BCUT2D eigenvalue weighted by Crippen LogP contribution is -2.75. The molecule has 41 heavy (non-hydrogen) atoms. The van der Waals surface area contributed by atoms with Crippen LogP contribution in [-0.2, 0) is 18.2 Å². The maximum Gasteiger partial charge on any atom is 0.298 e. The molecule has 3 aromatic heterocycles. The van der Waals surface area contributed by atoms with Crippen LogP contribution in [0.5, 0.6) is 6.01 Å². The van der Waals surface area contributed by atoms with Crippen LogP contribution in [0.25, 0.3) is 28.1 Å². The number of aromatic nitrogens is 6. The second kappa shape index (κ2) is 9.55. The zero-order chi connectivity index (χ0) is 27.6. The summed E-state index contributed by atoms with van der Waals surface area (Å²) in [7, 11) is 1.96. The first-order valence-electron chi connectivity index (χ1n) is 14.3. The monoisotopic (exact) mass is 558 g/mol. The van der Waals surface area contributed by atoms with Gasteiger partial charge in [0.2, 0.25) is 5.95 Å². The predicted molar refractivity (Wildman–Crippen MR) is 152 cm³/mol. The molecule has 1 unspecified atom stereocenters. The Bertz CT molecular complexity index is 1650. The van der Waals surface area contributed by atoms with Crippen molar-refractivity contribution in [2.75, 3.05) is 57.6 Å². The maximum absolute atomic E-state index is 6.49. The maximum atomic E-state index is 6.49. The number of likely N-dealkylation sites (tertiary alicyclic amines) is 1. The lowest BCUT2D eigenvalue weighted by molar-refractivity contribution is -0.0682. The number of ether oxygens (including phenoxy) is 2. The summed E-state index contributed by atoms with van der Waals surface area (Å²) in [6, 6.07) is 8.66. The second-order valence-corrected chi connectivity index (χ2v) is 10.8. The highest BCUT2D eigenvalue weighted by molar-refractivity contribution is 5.86. The molecule has 1 aromatic carbocycles. The van der Waals surface area contributed by atoms with Crippen molar-refractivity contribution >= 4 is 28.0 Å². The van der Waals surface area contributed by atoms with Crippen LogP contribution >= 0.6 is 0 Å². The van der Waals surface area contributed by atoms with Gasteiger partial charge in [0.15, 0.2) is 22.8 Å². The summed E-state index contributed by atoms with van der Waals surface area (Å²) < 4.78 is 16.1. The van der Waals surface area contributed by atoms with Crippen molar-refractivity contribution in [1.29, 1.82) is 0 Å². The SMILES string of the molecule is CCc1nc2ccccc2n1-c1nc(N2CCOCC2)c2nc(OC3CN(C45NCNC=C4NCN5)C3)n(C)c2n1. The minimum Gasteiger partial charge on any atom is -0.459 e. The number of nitrogens with zero attached hydrogens (tertiary/aromatic N) is 8. The van der Waals surface area contributed by atoms with E-state index < -0.39 is 0 Å². The van der Waals surface area contributed by atoms with Gasteiger partial charge in [-0.1, -0.05) is 19.1 Å². The van der Waals surface area contributed by atoms with Gasteiger partial charge < -0.3 is 25.0 Å². The summed E-state index contributed by atoms with van der Waals surface area (Å²) in [4.78, 5) is 24.6. The molecule has 3 fully saturated rings. The van der Waals surface area contributed by atoms with Gasteiger partial charge in [-0.2, -0.15) is 15.0 Å². The molecule has 1 atom stereocenters. The number of anilines is 1. The summed E-state index contributed by atoms with van der Waals surface area (Å²) in [5.41, 5.74) is 4.48. The number of imidazole rings is 2. The van der Waals surface area contributed by atoms with Gasteiger partial charge in [-0.3, -0.25) is 24.7 Å². The number of rotatable bonds is 6. The summed E-state index contributed by atoms with van der Waals surface area (Å²) in [5, 5.41) is 13.8. The lowest BCUT2D eigenvalue weighted by Gasteiger charge is -2.51. The first-order chi connectivity index (χ1) is 20.1. The molecule has 0 saturated carbocycles. The van der Waals surface area contributed by atoms with E-state index in [0.717, 1.165) is 72.1 Å². The van der Waals surface area contributed by atoms with Gasteiger partial charge in [-0.15, -0.1) is 0 Å². The third-order valence-corrected chi connectivity index (χ3v) is 8.40. The van der Waals surface area contributed by atoms with E-state index in [1.807, 2.05) is 36.0 Å². The number of para-hydroxylation sites is 2. The zero-order valence-electron chi connectivity index (χ0n) is 23.2. The van der Waals surface area contributed by atoms with Gasteiger partial charge in [0.05, 0.1) is 43.3 Å². The number of aryl methyl sites for hydroxylation is 2.